The average molecular weight is 358 g/mol. The van der Waals surface area contributed by atoms with Crippen LogP contribution in [0.2, 0.25) is 6.82 Å². The molecule has 0 unspecified atom stereocenters. The smallest absolute Gasteiger partial charge is 0.336 e. The minimum absolute atomic E-state index is 0.0746. The van der Waals surface area contributed by atoms with Crippen LogP contribution in [0.25, 0.3) is 16.5 Å². The lowest BCUT2D eigenvalue weighted by Gasteiger charge is -2.11. The van der Waals surface area contributed by atoms with Gasteiger partial charge in [0.2, 0.25) is 0 Å². The predicted molar refractivity (Wildman–Crippen MR) is 113 cm³/mol. The summed E-state index contributed by atoms with van der Waals surface area (Å²) in [6.45, 7) is 6.04. The molecule has 0 aliphatic carbocycles. The third-order valence-electron chi connectivity index (χ3n) is 4.69. The van der Waals surface area contributed by atoms with Crippen molar-refractivity contribution in [3.63, 3.8) is 0 Å². The molecule has 0 aromatic heterocycles. The molecule has 0 N–H and O–H groups in total. The van der Waals surface area contributed by atoms with Crippen molar-refractivity contribution in [2.24, 2.45) is 0 Å². The van der Waals surface area contributed by atoms with Crippen molar-refractivity contribution in [3.8, 4) is 5.75 Å². The fourth-order valence-electron chi connectivity index (χ4n) is 2.96. The van der Waals surface area contributed by atoms with Gasteiger partial charge in [0.1, 0.15) is 11.5 Å². The van der Waals surface area contributed by atoms with E-state index in [1.807, 2.05) is 55.4 Å². The van der Waals surface area contributed by atoms with Crippen LogP contribution in [-0.2, 0) is 4.65 Å². The second-order valence-electron chi connectivity index (χ2n) is 6.53. The second kappa shape index (κ2) is 8.13. The van der Waals surface area contributed by atoms with Gasteiger partial charge in [-0.1, -0.05) is 37.2 Å². The van der Waals surface area contributed by atoms with E-state index in [4.69, 9.17) is 9.39 Å². The van der Waals surface area contributed by atoms with Crippen molar-refractivity contribution in [3.05, 3.63) is 82.9 Å². The Hall–Kier alpha value is -3.01. The number of aryl methyl sites for hydroxylation is 2. The van der Waals surface area contributed by atoms with E-state index >= 15 is 0 Å². The molecule has 136 valence electrons. The SMILES string of the molecule is CBO/C(=C\C(=O)c1ccc2cc(OC)ccc2c1)c1ccc(C)c(C)c1. The van der Waals surface area contributed by atoms with Crippen LogP contribution < -0.4 is 4.74 Å². The molecule has 0 saturated carbocycles. The van der Waals surface area contributed by atoms with Gasteiger partial charge < -0.3 is 9.39 Å². The molecule has 3 aromatic carbocycles. The van der Waals surface area contributed by atoms with Crippen molar-refractivity contribution in [2.75, 3.05) is 7.11 Å². The maximum absolute atomic E-state index is 12.8. The highest BCUT2D eigenvalue weighted by molar-refractivity contribution is 6.27. The van der Waals surface area contributed by atoms with Crippen LogP contribution in [0.5, 0.6) is 5.75 Å². The first kappa shape index (κ1) is 18.8. The van der Waals surface area contributed by atoms with Gasteiger partial charge in [-0.05, 0) is 60.0 Å². The molecule has 4 heteroatoms. The van der Waals surface area contributed by atoms with E-state index in [0.29, 0.717) is 18.8 Å². The molecule has 0 atom stereocenters. The summed E-state index contributed by atoms with van der Waals surface area (Å²) in [6.07, 6.45) is 1.58. The number of hydrogen-bond donors (Lipinski definition) is 0. The quantitative estimate of drug-likeness (QED) is 0.266. The highest BCUT2D eigenvalue weighted by Gasteiger charge is 2.10. The molecule has 3 rings (SSSR count). The predicted octanol–water partition coefficient (Wildman–Crippen LogP) is 5.11. The Bertz CT molecular complexity index is 1020. The maximum Gasteiger partial charge on any atom is 0.336 e. The zero-order valence-electron chi connectivity index (χ0n) is 16.2. The third-order valence-corrected chi connectivity index (χ3v) is 4.69. The molecule has 0 aliphatic rings. The standard InChI is InChI=1S/C23H23BO3/c1-15-5-6-20(11-16(15)2)23(27-24-3)14-22(25)19-8-7-18-13-21(26-4)10-9-17(18)12-19/h5-14,24H,1-4H3/b23-14-. The van der Waals surface area contributed by atoms with Gasteiger partial charge in [-0.2, -0.15) is 0 Å². The van der Waals surface area contributed by atoms with Crippen LogP contribution >= 0.6 is 0 Å². The van der Waals surface area contributed by atoms with E-state index in [1.54, 1.807) is 13.2 Å². The first-order valence-electron chi connectivity index (χ1n) is 9.06. The molecule has 0 bridgehead atoms. The van der Waals surface area contributed by atoms with Crippen LogP contribution in [0, 0.1) is 13.8 Å². The highest BCUT2D eigenvalue weighted by atomic mass is 16.5. The molecular formula is C23H23BO3. The van der Waals surface area contributed by atoms with Crippen molar-refractivity contribution < 1.29 is 14.2 Å². The summed E-state index contributed by atoms with van der Waals surface area (Å²) >= 11 is 0. The summed E-state index contributed by atoms with van der Waals surface area (Å²) in [5, 5.41) is 2.04. The summed E-state index contributed by atoms with van der Waals surface area (Å²) < 4.78 is 11.0. The molecule has 3 nitrogen and oxygen atoms in total. The van der Waals surface area contributed by atoms with Crippen molar-refractivity contribution in [1.29, 1.82) is 0 Å². The van der Waals surface area contributed by atoms with E-state index in [9.17, 15) is 4.79 Å². The molecule has 0 saturated heterocycles. The van der Waals surface area contributed by atoms with Gasteiger partial charge in [0, 0.05) is 17.2 Å². The number of carbonyl (C=O) groups is 1. The fourth-order valence-corrected chi connectivity index (χ4v) is 2.96. The Balaban J connectivity index is 1.96. The van der Waals surface area contributed by atoms with Crippen molar-refractivity contribution >= 4 is 29.8 Å². The number of allylic oxidation sites excluding steroid dienone is 1. The second-order valence-corrected chi connectivity index (χ2v) is 6.53. The molecule has 0 heterocycles. The number of ether oxygens (including phenoxy) is 1. The summed E-state index contributed by atoms with van der Waals surface area (Å²) in [5.74, 6) is 1.32. The summed E-state index contributed by atoms with van der Waals surface area (Å²) in [7, 11) is 2.15. The lowest BCUT2D eigenvalue weighted by atomic mass is 10.00. The first-order valence-corrected chi connectivity index (χ1v) is 9.06. The largest absolute Gasteiger partial charge is 0.564 e. The zero-order valence-corrected chi connectivity index (χ0v) is 16.2. The van der Waals surface area contributed by atoms with Gasteiger partial charge in [0.15, 0.2) is 5.78 Å². The van der Waals surface area contributed by atoms with Crippen LogP contribution in [-0.4, -0.2) is 20.4 Å². The fraction of sp³-hybridized carbons (Fsp3) is 0.174. The van der Waals surface area contributed by atoms with Gasteiger partial charge in [-0.15, -0.1) is 0 Å². The number of hydrogen-bond acceptors (Lipinski definition) is 3. The van der Waals surface area contributed by atoms with Gasteiger partial charge in [-0.3, -0.25) is 4.79 Å². The number of methoxy groups -OCH3 is 1. The Morgan fingerprint density at radius 2 is 1.59 bits per heavy atom. The van der Waals surface area contributed by atoms with E-state index in [-0.39, 0.29) is 5.78 Å². The number of ketones is 1. The van der Waals surface area contributed by atoms with E-state index in [1.165, 1.54) is 11.1 Å². The first-order chi connectivity index (χ1) is 13.0. The van der Waals surface area contributed by atoms with Crippen molar-refractivity contribution in [1.82, 2.24) is 0 Å². The summed E-state index contributed by atoms with van der Waals surface area (Å²) in [4.78, 5) is 12.8. The van der Waals surface area contributed by atoms with Crippen LogP contribution in [0.1, 0.15) is 27.0 Å². The third kappa shape index (κ3) is 4.22. The zero-order chi connectivity index (χ0) is 19.4. The monoisotopic (exact) mass is 358 g/mol. The van der Waals surface area contributed by atoms with Crippen LogP contribution in [0.15, 0.2) is 60.7 Å². The van der Waals surface area contributed by atoms with E-state index in [0.717, 1.165) is 22.1 Å². The number of fused-ring (bicyclic) bond motifs is 1. The molecule has 0 fully saturated rings. The number of rotatable bonds is 6. The molecule has 27 heavy (non-hydrogen) atoms. The Labute approximate surface area is 160 Å². The number of carbonyl (C=O) groups excluding carboxylic acids is 1. The topological polar surface area (TPSA) is 35.5 Å². The van der Waals surface area contributed by atoms with Gasteiger partial charge in [0.25, 0.3) is 0 Å². The van der Waals surface area contributed by atoms with Gasteiger partial charge >= 0.3 is 7.48 Å². The van der Waals surface area contributed by atoms with Gasteiger partial charge in [-0.25, -0.2) is 0 Å². The lowest BCUT2D eigenvalue weighted by molar-refractivity contribution is 0.104. The highest BCUT2D eigenvalue weighted by Crippen LogP contribution is 2.24. The minimum Gasteiger partial charge on any atom is -0.564 e. The van der Waals surface area contributed by atoms with Gasteiger partial charge in [0.05, 0.1) is 7.11 Å². The van der Waals surface area contributed by atoms with E-state index in [2.05, 4.69) is 19.9 Å². The molecule has 0 aliphatic heterocycles. The summed E-state index contributed by atoms with van der Waals surface area (Å²) in [6, 6.07) is 17.6. The van der Waals surface area contributed by atoms with Crippen LogP contribution in [0.4, 0.5) is 0 Å². The molecule has 0 amide bonds. The Morgan fingerprint density at radius 1 is 0.889 bits per heavy atom. The Morgan fingerprint density at radius 3 is 2.30 bits per heavy atom. The number of benzene rings is 3. The maximum atomic E-state index is 12.8. The molecule has 0 radical (unpaired) electrons. The van der Waals surface area contributed by atoms with Crippen LogP contribution in [0.3, 0.4) is 0 Å². The Kier molecular flexibility index (Phi) is 5.65. The summed E-state index contributed by atoms with van der Waals surface area (Å²) in [5.41, 5.74) is 3.93. The normalized spacial score (nSPS) is 11.3. The van der Waals surface area contributed by atoms with Crippen molar-refractivity contribution in [2.45, 2.75) is 20.7 Å². The molecule has 0 spiro atoms. The average Bonchev–Trinajstić information content (AvgIpc) is 2.68. The molecular weight excluding hydrogens is 335 g/mol. The van der Waals surface area contributed by atoms with E-state index < -0.39 is 0 Å². The minimum atomic E-state index is -0.0746. The lowest BCUT2D eigenvalue weighted by Crippen LogP contribution is -2.01. The molecule has 3 aromatic rings.